The Labute approximate surface area is 85.2 Å². The molecular formula is C7H11N5O3. The Morgan fingerprint density at radius 1 is 1.80 bits per heavy atom. The van der Waals surface area contributed by atoms with E-state index in [9.17, 15) is 14.9 Å². The molecule has 0 aromatic carbocycles. The average Bonchev–Trinajstić information content (AvgIpc) is 2.56. The molecule has 15 heavy (non-hydrogen) atoms. The second kappa shape index (κ2) is 4.51. The predicted octanol–water partition coefficient (Wildman–Crippen LogP) is -0.983. The van der Waals surface area contributed by atoms with Crippen LogP contribution in [0.2, 0.25) is 0 Å². The van der Waals surface area contributed by atoms with Gasteiger partial charge < -0.3 is 11.1 Å². The molecule has 0 saturated carbocycles. The van der Waals surface area contributed by atoms with Crippen molar-refractivity contribution >= 4 is 11.6 Å². The number of carbonyl (C=O) groups is 1. The molecule has 0 unspecified atom stereocenters. The van der Waals surface area contributed by atoms with Crippen molar-refractivity contribution in [1.82, 2.24) is 15.1 Å². The van der Waals surface area contributed by atoms with Crippen LogP contribution in [0, 0.1) is 10.1 Å². The lowest BCUT2D eigenvalue weighted by Gasteiger charge is -2.02. The van der Waals surface area contributed by atoms with E-state index < -0.39 is 10.8 Å². The van der Waals surface area contributed by atoms with Crippen LogP contribution in [0.5, 0.6) is 0 Å². The lowest BCUT2D eigenvalue weighted by molar-refractivity contribution is -0.385. The van der Waals surface area contributed by atoms with Crippen molar-refractivity contribution in [2.24, 2.45) is 12.8 Å². The molecule has 0 bridgehead atoms. The Kier molecular flexibility index (Phi) is 3.34. The molecule has 0 spiro atoms. The van der Waals surface area contributed by atoms with Gasteiger partial charge in [0.15, 0.2) is 0 Å². The van der Waals surface area contributed by atoms with Crippen LogP contribution in [0.3, 0.4) is 0 Å². The molecule has 0 saturated heterocycles. The van der Waals surface area contributed by atoms with Crippen molar-refractivity contribution in [2.45, 2.75) is 0 Å². The van der Waals surface area contributed by atoms with Crippen molar-refractivity contribution < 1.29 is 9.72 Å². The van der Waals surface area contributed by atoms with Gasteiger partial charge in [0.1, 0.15) is 6.20 Å². The number of nitro groups is 1. The van der Waals surface area contributed by atoms with Crippen molar-refractivity contribution in [3.8, 4) is 0 Å². The minimum absolute atomic E-state index is 0.0755. The summed E-state index contributed by atoms with van der Waals surface area (Å²) in [5, 5.41) is 16.7. The molecule has 1 amide bonds. The zero-order chi connectivity index (χ0) is 11.4. The number of hydrogen-bond donors (Lipinski definition) is 2. The van der Waals surface area contributed by atoms with E-state index in [1.807, 2.05) is 0 Å². The van der Waals surface area contributed by atoms with E-state index in [0.717, 1.165) is 10.9 Å². The average molecular weight is 213 g/mol. The smallest absolute Gasteiger partial charge is 0.320 e. The first-order chi connectivity index (χ1) is 7.07. The summed E-state index contributed by atoms with van der Waals surface area (Å²) >= 11 is 0. The minimum atomic E-state index is -0.648. The standard InChI is InChI=1S/C7H11N5O3/c1-11-6(7(13)9-3-2-8)5(4-10-11)12(14)15/h4H,2-3,8H2,1H3,(H,9,13). The van der Waals surface area contributed by atoms with Crippen LogP contribution in [0.1, 0.15) is 10.5 Å². The van der Waals surface area contributed by atoms with Gasteiger partial charge in [0.25, 0.3) is 5.91 Å². The molecule has 3 N–H and O–H groups in total. The summed E-state index contributed by atoms with van der Waals surface area (Å²) < 4.78 is 1.16. The molecule has 0 fully saturated rings. The zero-order valence-corrected chi connectivity index (χ0v) is 8.14. The maximum atomic E-state index is 11.5. The Morgan fingerprint density at radius 3 is 3.00 bits per heavy atom. The number of nitrogens with two attached hydrogens (primary N) is 1. The highest BCUT2D eigenvalue weighted by atomic mass is 16.6. The minimum Gasteiger partial charge on any atom is -0.349 e. The lowest BCUT2D eigenvalue weighted by Crippen LogP contribution is -2.30. The van der Waals surface area contributed by atoms with Gasteiger partial charge in [-0.05, 0) is 0 Å². The third-order valence-corrected chi connectivity index (χ3v) is 1.76. The number of nitrogens with one attached hydrogen (secondary N) is 1. The van der Waals surface area contributed by atoms with Crippen LogP contribution in [0.15, 0.2) is 6.20 Å². The first kappa shape index (κ1) is 11.1. The van der Waals surface area contributed by atoms with Crippen LogP contribution >= 0.6 is 0 Å². The highest BCUT2D eigenvalue weighted by Crippen LogP contribution is 2.16. The second-order valence-electron chi connectivity index (χ2n) is 2.80. The monoisotopic (exact) mass is 213 g/mol. The molecule has 0 radical (unpaired) electrons. The van der Waals surface area contributed by atoms with Crippen LogP contribution in [-0.2, 0) is 7.05 Å². The van der Waals surface area contributed by atoms with E-state index >= 15 is 0 Å². The largest absolute Gasteiger partial charge is 0.349 e. The SMILES string of the molecule is Cn1ncc([N+](=O)[O-])c1C(=O)NCCN. The van der Waals surface area contributed by atoms with E-state index in [-0.39, 0.29) is 24.5 Å². The number of amides is 1. The Bertz CT molecular complexity index is 386. The topological polar surface area (TPSA) is 116 Å². The van der Waals surface area contributed by atoms with E-state index in [4.69, 9.17) is 5.73 Å². The molecule has 1 rings (SSSR count). The maximum absolute atomic E-state index is 11.5. The van der Waals surface area contributed by atoms with E-state index in [2.05, 4.69) is 10.4 Å². The molecule has 8 nitrogen and oxygen atoms in total. The number of nitrogens with zero attached hydrogens (tertiary/aromatic N) is 3. The molecule has 0 atom stereocenters. The third-order valence-electron chi connectivity index (χ3n) is 1.76. The highest BCUT2D eigenvalue weighted by molar-refractivity contribution is 5.96. The third kappa shape index (κ3) is 2.29. The fraction of sp³-hybridized carbons (Fsp3) is 0.429. The molecule has 1 aromatic heterocycles. The van der Waals surface area contributed by atoms with Gasteiger partial charge in [-0.25, -0.2) is 0 Å². The summed E-state index contributed by atoms with van der Waals surface area (Å²) in [6.45, 7) is 0.540. The van der Waals surface area contributed by atoms with Gasteiger partial charge in [-0.15, -0.1) is 0 Å². The normalized spacial score (nSPS) is 10.0. The number of rotatable bonds is 4. The highest BCUT2D eigenvalue weighted by Gasteiger charge is 2.24. The first-order valence-corrected chi connectivity index (χ1v) is 4.22. The number of hydrogen-bond acceptors (Lipinski definition) is 5. The first-order valence-electron chi connectivity index (χ1n) is 4.22. The van der Waals surface area contributed by atoms with Gasteiger partial charge in [-0.3, -0.25) is 19.6 Å². The molecule has 82 valence electrons. The number of aryl methyl sites for hydroxylation is 1. The molecule has 1 heterocycles. The predicted molar refractivity (Wildman–Crippen MR) is 51.3 cm³/mol. The van der Waals surface area contributed by atoms with Crippen LogP contribution in [0.4, 0.5) is 5.69 Å². The van der Waals surface area contributed by atoms with Crippen LogP contribution in [-0.4, -0.2) is 33.7 Å². The zero-order valence-electron chi connectivity index (χ0n) is 8.14. The Morgan fingerprint density at radius 2 is 2.47 bits per heavy atom. The molecule has 1 aromatic rings. The van der Waals surface area contributed by atoms with Gasteiger partial charge >= 0.3 is 5.69 Å². The van der Waals surface area contributed by atoms with Crippen molar-refractivity contribution in [1.29, 1.82) is 0 Å². The molecule has 0 aliphatic carbocycles. The van der Waals surface area contributed by atoms with E-state index in [1.165, 1.54) is 7.05 Å². The summed E-state index contributed by atoms with van der Waals surface area (Å²) in [7, 11) is 1.46. The lowest BCUT2D eigenvalue weighted by atomic mass is 10.3. The van der Waals surface area contributed by atoms with Gasteiger partial charge in [-0.2, -0.15) is 5.10 Å². The summed E-state index contributed by atoms with van der Waals surface area (Å²) in [6.07, 6.45) is 1.04. The molecular weight excluding hydrogens is 202 g/mol. The van der Waals surface area contributed by atoms with Crippen LogP contribution in [0.25, 0.3) is 0 Å². The van der Waals surface area contributed by atoms with E-state index in [0.29, 0.717) is 0 Å². The van der Waals surface area contributed by atoms with Gasteiger partial charge in [0.2, 0.25) is 5.69 Å². The number of carbonyl (C=O) groups excluding carboxylic acids is 1. The maximum Gasteiger partial charge on any atom is 0.320 e. The fourth-order valence-electron chi connectivity index (χ4n) is 1.09. The summed E-state index contributed by atoms with van der Waals surface area (Å²) in [4.78, 5) is 21.4. The van der Waals surface area contributed by atoms with E-state index in [1.54, 1.807) is 0 Å². The second-order valence-corrected chi connectivity index (χ2v) is 2.80. The Hall–Kier alpha value is -1.96. The van der Waals surface area contributed by atoms with Gasteiger partial charge in [0, 0.05) is 20.1 Å². The summed E-state index contributed by atoms with van der Waals surface area (Å²) in [6, 6.07) is 0. The van der Waals surface area contributed by atoms with Crippen molar-refractivity contribution in [3.05, 3.63) is 22.0 Å². The number of aromatic nitrogens is 2. The van der Waals surface area contributed by atoms with Crippen molar-refractivity contribution in [2.75, 3.05) is 13.1 Å². The van der Waals surface area contributed by atoms with Crippen LogP contribution < -0.4 is 11.1 Å². The molecule has 0 aliphatic heterocycles. The summed E-state index contributed by atoms with van der Waals surface area (Å²) in [5.74, 6) is -0.549. The van der Waals surface area contributed by atoms with Gasteiger partial charge in [-0.1, -0.05) is 0 Å². The molecule has 8 heteroatoms. The molecule has 0 aliphatic rings. The quantitative estimate of drug-likeness (QED) is 0.492. The van der Waals surface area contributed by atoms with Crippen molar-refractivity contribution in [3.63, 3.8) is 0 Å². The Balaban J connectivity index is 2.96. The fourth-order valence-corrected chi connectivity index (χ4v) is 1.09. The summed E-state index contributed by atoms with van der Waals surface area (Å²) in [5.41, 5.74) is 4.81. The van der Waals surface area contributed by atoms with Gasteiger partial charge in [0.05, 0.1) is 4.92 Å².